The first kappa shape index (κ1) is 22.9. The van der Waals surface area contributed by atoms with E-state index < -0.39 is 28.1 Å². The molecule has 31 heavy (non-hydrogen) atoms. The molecule has 0 saturated heterocycles. The predicted molar refractivity (Wildman–Crippen MR) is 113 cm³/mol. The van der Waals surface area contributed by atoms with Gasteiger partial charge in [-0.25, -0.2) is 8.42 Å². The van der Waals surface area contributed by atoms with Gasteiger partial charge in [0.15, 0.2) is 9.84 Å². The van der Waals surface area contributed by atoms with Crippen LogP contribution in [0, 0.1) is 12.3 Å². The molecule has 0 atom stereocenters. The Labute approximate surface area is 180 Å². The van der Waals surface area contributed by atoms with Gasteiger partial charge < -0.3 is 9.93 Å². The third-order valence-electron chi connectivity index (χ3n) is 4.23. The van der Waals surface area contributed by atoms with Crippen LogP contribution in [-0.2, 0) is 16.4 Å². The molecular formula is C20H18F3N3O3S2. The van der Waals surface area contributed by atoms with Gasteiger partial charge in [-0.1, -0.05) is 17.3 Å². The fourth-order valence-corrected chi connectivity index (χ4v) is 4.36. The molecule has 1 aromatic carbocycles. The summed E-state index contributed by atoms with van der Waals surface area (Å²) in [6, 6.07) is 11.2. The Morgan fingerprint density at radius 1 is 1.23 bits per heavy atom. The molecule has 0 bridgehead atoms. The third-order valence-corrected chi connectivity index (χ3v) is 6.53. The summed E-state index contributed by atoms with van der Waals surface area (Å²) in [5.74, 6) is 0.555. The van der Waals surface area contributed by atoms with E-state index in [2.05, 4.69) is 10.1 Å². The molecule has 0 spiro atoms. The molecular weight excluding hydrogens is 451 g/mol. The summed E-state index contributed by atoms with van der Waals surface area (Å²) in [6.45, 7) is 1.70. The van der Waals surface area contributed by atoms with Gasteiger partial charge in [0.25, 0.3) is 0 Å². The van der Waals surface area contributed by atoms with Crippen molar-refractivity contribution in [3.05, 3.63) is 58.8 Å². The number of nitrogens with one attached hydrogen (secondary N) is 1. The number of hydrogen-bond donors (Lipinski definition) is 1. The minimum atomic E-state index is -4.75. The zero-order valence-corrected chi connectivity index (χ0v) is 18.2. The lowest BCUT2D eigenvalue weighted by molar-refractivity contribution is -0.0605. The van der Waals surface area contributed by atoms with Crippen molar-refractivity contribution in [3.63, 3.8) is 0 Å². The number of aryl methyl sites for hydroxylation is 1. The highest BCUT2D eigenvalue weighted by Crippen LogP contribution is 2.31. The van der Waals surface area contributed by atoms with E-state index in [9.17, 15) is 21.6 Å². The van der Waals surface area contributed by atoms with Gasteiger partial charge in [-0.2, -0.15) is 13.2 Å². The molecule has 0 aliphatic heterocycles. The van der Waals surface area contributed by atoms with Crippen molar-refractivity contribution in [1.82, 2.24) is 5.16 Å². The minimum absolute atomic E-state index is 0.00854. The zero-order valence-electron chi connectivity index (χ0n) is 16.5. The summed E-state index contributed by atoms with van der Waals surface area (Å²) >= 11 is 1.17. The Balaban J connectivity index is 1.94. The smallest absolute Gasteiger partial charge is 0.361 e. The van der Waals surface area contributed by atoms with Gasteiger partial charge in [-0.05, 0) is 36.8 Å². The second kappa shape index (κ2) is 8.75. The van der Waals surface area contributed by atoms with Crippen LogP contribution < -0.4 is 0 Å². The van der Waals surface area contributed by atoms with Crippen molar-refractivity contribution in [2.45, 2.75) is 31.0 Å². The molecule has 0 aliphatic carbocycles. The first-order valence-corrected chi connectivity index (χ1v) is 11.6. The van der Waals surface area contributed by atoms with Gasteiger partial charge in [0.1, 0.15) is 17.2 Å². The quantitative estimate of drug-likeness (QED) is 0.488. The highest BCUT2D eigenvalue weighted by molar-refractivity contribution is 7.90. The van der Waals surface area contributed by atoms with Crippen LogP contribution in [0.4, 0.5) is 13.2 Å². The molecule has 0 saturated carbocycles. The van der Waals surface area contributed by atoms with Gasteiger partial charge in [0.05, 0.1) is 17.2 Å². The van der Waals surface area contributed by atoms with Crippen LogP contribution in [-0.4, -0.2) is 37.4 Å². The first-order valence-electron chi connectivity index (χ1n) is 8.94. The van der Waals surface area contributed by atoms with Crippen molar-refractivity contribution in [1.29, 1.82) is 5.41 Å². The maximum atomic E-state index is 13.0. The van der Waals surface area contributed by atoms with Gasteiger partial charge in [-0.15, -0.1) is 11.3 Å². The minimum Gasteiger partial charge on any atom is -0.361 e. The molecule has 0 amide bonds. The molecule has 164 valence electrons. The molecule has 0 aliphatic rings. The van der Waals surface area contributed by atoms with Crippen LogP contribution in [0.15, 0.2) is 56.9 Å². The van der Waals surface area contributed by atoms with Crippen LogP contribution in [0.25, 0.3) is 10.4 Å². The number of nitrogens with zero attached hydrogens (tertiary/aromatic N) is 2. The SMILES string of the molecule is Cc1cc(CN=C(CC(=N)C(F)(F)F)c2ccc(-c3cccc(S(C)(=O)=O)c3)s2)no1. The van der Waals surface area contributed by atoms with Gasteiger partial charge in [-0.3, -0.25) is 4.99 Å². The summed E-state index contributed by atoms with van der Waals surface area (Å²) in [6.07, 6.45) is -4.34. The van der Waals surface area contributed by atoms with Gasteiger partial charge >= 0.3 is 6.18 Å². The lowest BCUT2D eigenvalue weighted by atomic mass is 10.1. The highest BCUT2D eigenvalue weighted by atomic mass is 32.2. The van der Waals surface area contributed by atoms with Crippen molar-refractivity contribution >= 4 is 32.6 Å². The first-order chi connectivity index (χ1) is 14.4. The molecule has 3 aromatic rings. The highest BCUT2D eigenvalue weighted by Gasteiger charge is 2.35. The molecule has 6 nitrogen and oxygen atoms in total. The molecule has 1 N–H and O–H groups in total. The third kappa shape index (κ3) is 5.88. The van der Waals surface area contributed by atoms with Crippen LogP contribution in [0.3, 0.4) is 0 Å². The Hall–Kier alpha value is -2.79. The number of halogens is 3. The molecule has 0 unspecified atom stereocenters. The number of hydrogen-bond acceptors (Lipinski definition) is 7. The standard InChI is InChI=1S/C20H18F3N3O3S2/c1-12-8-14(26-29-12)11-25-16(10-19(24)20(21,22)23)18-7-6-17(30-18)13-4-3-5-15(9-13)31(2,27)28/h3-9,24H,10-11H2,1-2H3. The topological polar surface area (TPSA) is 96.4 Å². The van der Waals surface area contributed by atoms with Crippen LogP contribution in [0.2, 0.25) is 0 Å². The lowest BCUT2D eigenvalue weighted by Gasteiger charge is -2.09. The molecule has 2 heterocycles. The second-order valence-electron chi connectivity index (χ2n) is 6.81. The number of aliphatic imine (C=N–C) groups is 1. The predicted octanol–water partition coefficient (Wildman–Crippen LogP) is 5.08. The average molecular weight is 470 g/mol. The van der Waals surface area contributed by atoms with Crippen LogP contribution >= 0.6 is 11.3 Å². The summed E-state index contributed by atoms with van der Waals surface area (Å²) in [5.41, 5.74) is -0.224. The van der Waals surface area contributed by atoms with Gasteiger partial charge in [0.2, 0.25) is 0 Å². The van der Waals surface area contributed by atoms with Crippen molar-refractivity contribution < 1.29 is 26.1 Å². The lowest BCUT2D eigenvalue weighted by Crippen LogP contribution is -2.24. The van der Waals surface area contributed by atoms with E-state index >= 15 is 0 Å². The Morgan fingerprint density at radius 3 is 2.58 bits per heavy atom. The van der Waals surface area contributed by atoms with E-state index in [1.54, 1.807) is 37.3 Å². The maximum Gasteiger partial charge on any atom is 0.429 e. The molecule has 0 radical (unpaired) electrons. The molecule has 3 rings (SSSR count). The van der Waals surface area contributed by atoms with Crippen molar-refractivity contribution in [2.75, 3.05) is 6.26 Å². The maximum absolute atomic E-state index is 13.0. The van der Waals surface area contributed by atoms with Crippen LogP contribution in [0.5, 0.6) is 0 Å². The van der Waals surface area contributed by atoms with E-state index in [0.717, 1.165) is 6.26 Å². The summed E-state index contributed by atoms with van der Waals surface area (Å²) in [5, 5.41) is 11.2. The fourth-order valence-electron chi connectivity index (χ4n) is 2.69. The number of thiophene rings is 1. The van der Waals surface area contributed by atoms with E-state index in [4.69, 9.17) is 9.93 Å². The van der Waals surface area contributed by atoms with E-state index in [0.29, 0.717) is 26.8 Å². The van der Waals surface area contributed by atoms with Crippen molar-refractivity contribution in [3.8, 4) is 10.4 Å². The van der Waals surface area contributed by atoms with E-state index in [1.807, 2.05) is 0 Å². The zero-order chi connectivity index (χ0) is 22.8. The summed E-state index contributed by atoms with van der Waals surface area (Å²) < 4.78 is 67.4. The fraction of sp³-hybridized carbons (Fsp3) is 0.250. The largest absolute Gasteiger partial charge is 0.429 e. The van der Waals surface area contributed by atoms with E-state index in [1.165, 1.54) is 23.5 Å². The normalized spacial score (nSPS) is 12.9. The molecule has 0 fully saturated rings. The summed E-state index contributed by atoms with van der Waals surface area (Å²) in [7, 11) is -3.40. The number of alkyl halides is 3. The Kier molecular flexibility index (Phi) is 6.46. The molecule has 11 heteroatoms. The molecule has 2 aromatic heterocycles. The number of benzene rings is 1. The summed E-state index contributed by atoms with van der Waals surface area (Å²) in [4.78, 5) is 5.53. The second-order valence-corrected chi connectivity index (χ2v) is 9.91. The monoisotopic (exact) mass is 469 g/mol. The Morgan fingerprint density at radius 2 is 1.97 bits per heavy atom. The van der Waals surface area contributed by atoms with E-state index in [-0.39, 0.29) is 17.2 Å². The number of sulfone groups is 1. The van der Waals surface area contributed by atoms with Crippen LogP contribution in [0.1, 0.15) is 22.8 Å². The Bertz CT molecular complexity index is 1240. The number of aromatic nitrogens is 1. The number of rotatable bonds is 7. The van der Waals surface area contributed by atoms with Gasteiger partial charge in [0, 0.05) is 28.5 Å². The van der Waals surface area contributed by atoms with Crippen molar-refractivity contribution in [2.24, 2.45) is 4.99 Å². The average Bonchev–Trinajstić information content (AvgIpc) is 3.33.